The van der Waals surface area contributed by atoms with Crippen molar-refractivity contribution in [2.45, 2.75) is 58.7 Å². The van der Waals surface area contributed by atoms with Crippen molar-refractivity contribution >= 4 is 17.5 Å². The Bertz CT molecular complexity index is 942. The van der Waals surface area contributed by atoms with Crippen LogP contribution in [-0.4, -0.2) is 32.9 Å². The maximum Gasteiger partial charge on any atom is 0.337 e. The molecule has 3 N–H and O–H groups in total. The van der Waals surface area contributed by atoms with Crippen LogP contribution < -0.4 is 4.74 Å². The van der Waals surface area contributed by atoms with Gasteiger partial charge in [0.2, 0.25) is 0 Å². The Kier molecular flexibility index (Phi) is 8.39. The van der Waals surface area contributed by atoms with Crippen molar-refractivity contribution in [2.24, 2.45) is 0 Å². The van der Waals surface area contributed by atoms with E-state index in [1.165, 1.54) is 6.07 Å². The molecule has 0 aliphatic heterocycles. The molecule has 0 bridgehead atoms. The second kappa shape index (κ2) is 10.8. The minimum atomic E-state index is -1.31. The summed E-state index contributed by atoms with van der Waals surface area (Å²) in [6.45, 7) is 5.66. The fourth-order valence-electron chi connectivity index (χ4n) is 3.53. The van der Waals surface area contributed by atoms with Gasteiger partial charge in [-0.1, -0.05) is 44.2 Å². The van der Waals surface area contributed by atoms with Gasteiger partial charge in [-0.15, -0.1) is 0 Å². The number of hydrogen-bond donors (Lipinski definition) is 3. The zero-order chi connectivity index (χ0) is 23.0. The molecule has 0 spiro atoms. The number of aliphatic hydroxyl groups is 1. The number of carboxylic acid groups (broad SMARTS) is 2. The summed E-state index contributed by atoms with van der Waals surface area (Å²) in [5.41, 5.74) is 0.464. The lowest BCUT2D eigenvalue weighted by Gasteiger charge is -2.24. The summed E-state index contributed by atoms with van der Waals surface area (Å²) in [6.07, 6.45) is 4.47. The first-order chi connectivity index (χ1) is 14.7. The fraction of sp³-hybridized carbons (Fsp3) is 0.360. The lowest BCUT2D eigenvalue weighted by atomic mass is 9.89. The van der Waals surface area contributed by atoms with Crippen molar-refractivity contribution in [3.63, 3.8) is 0 Å². The highest BCUT2D eigenvalue weighted by Gasteiger charge is 2.24. The predicted molar refractivity (Wildman–Crippen MR) is 120 cm³/mol. The Hall–Kier alpha value is -3.12. The summed E-state index contributed by atoms with van der Waals surface area (Å²) in [7, 11) is 0. The number of rotatable bonds is 11. The smallest absolute Gasteiger partial charge is 0.337 e. The Labute approximate surface area is 182 Å². The second-order valence-electron chi connectivity index (χ2n) is 7.58. The van der Waals surface area contributed by atoms with Gasteiger partial charge in [0.15, 0.2) is 0 Å². The zero-order valence-corrected chi connectivity index (χ0v) is 18.2. The standard InChI is InChI=1S/C25H30O6/c1-4-25(30,5-2)15-9-10-17(3)19-13-14-20(23(26)27)22(24(28)29)21(19)16-31-18-11-7-6-8-12-18/h6-8,10-14,30H,4-5,9,15-16H2,1-3H3,(H,26,27)(H,28,29). The van der Waals surface area contributed by atoms with Gasteiger partial charge in [0.1, 0.15) is 12.4 Å². The third-order valence-electron chi connectivity index (χ3n) is 5.68. The third-order valence-corrected chi connectivity index (χ3v) is 5.68. The second-order valence-corrected chi connectivity index (χ2v) is 7.58. The molecule has 0 amide bonds. The Morgan fingerprint density at radius 1 is 0.968 bits per heavy atom. The van der Waals surface area contributed by atoms with Crippen LogP contribution >= 0.6 is 0 Å². The van der Waals surface area contributed by atoms with Crippen molar-refractivity contribution in [3.05, 3.63) is 70.8 Å². The van der Waals surface area contributed by atoms with Crippen LogP contribution in [0.25, 0.3) is 5.57 Å². The monoisotopic (exact) mass is 426 g/mol. The van der Waals surface area contributed by atoms with E-state index in [9.17, 15) is 24.9 Å². The van der Waals surface area contributed by atoms with Gasteiger partial charge in [-0.05, 0) is 61.9 Å². The van der Waals surface area contributed by atoms with Gasteiger partial charge >= 0.3 is 11.9 Å². The Morgan fingerprint density at radius 3 is 2.13 bits per heavy atom. The molecule has 6 heteroatoms. The molecule has 0 atom stereocenters. The fourth-order valence-corrected chi connectivity index (χ4v) is 3.53. The highest BCUT2D eigenvalue weighted by atomic mass is 16.5. The number of ether oxygens (including phenoxy) is 1. The van der Waals surface area contributed by atoms with E-state index in [1.54, 1.807) is 30.3 Å². The van der Waals surface area contributed by atoms with E-state index < -0.39 is 17.5 Å². The van der Waals surface area contributed by atoms with Crippen molar-refractivity contribution in [3.8, 4) is 5.75 Å². The summed E-state index contributed by atoms with van der Waals surface area (Å²) in [6, 6.07) is 11.9. The average Bonchev–Trinajstić information content (AvgIpc) is 2.77. The maximum absolute atomic E-state index is 12.0. The molecule has 2 aromatic rings. The molecular formula is C25H30O6. The molecule has 2 rings (SSSR count). The van der Waals surface area contributed by atoms with Crippen LogP contribution in [0.15, 0.2) is 48.5 Å². The lowest BCUT2D eigenvalue weighted by Crippen LogP contribution is -2.25. The number of benzene rings is 2. The SMILES string of the molecule is CCC(O)(CC)CCC=C(C)c1ccc(C(=O)O)c(C(=O)O)c1COc1ccccc1. The summed E-state index contributed by atoms with van der Waals surface area (Å²) in [4.78, 5) is 23.6. The summed E-state index contributed by atoms with van der Waals surface area (Å²) < 4.78 is 5.78. The molecule has 0 aliphatic carbocycles. The van der Waals surface area contributed by atoms with Crippen LogP contribution in [0.1, 0.15) is 78.3 Å². The topological polar surface area (TPSA) is 104 Å². The molecule has 0 saturated carbocycles. The molecule has 6 nitrogen and oxygen atoms in total. The summed E-state index contributed by atoms with van der Waals surface area (Å²) >= 11 is 0. The van der Waals surface area contributed by atoms with E-state index in [0.717, 1.165) is 5.57 Å². The first-order valence-corrected chi connectivity index (χ1v) is 10.4. The molecule has 0 saturated heterocycles. The van der Waals surface area contributed by atoms with E-state index in [-0.39, 0.29) is 17.7 Å². The number of carboxylic acids is 2. The molecule has 0 radical (unpaired) electrons. The van der Waals surface area contributed by atoms with E-state index in [1.807, 2.05) is 32.9 Å². The number of allylic oxidation sites excluding steroid dienone is 2. The number of para-hydroxylation sites is 1. The molecule has 0 aliphatic rings. The molecule has 0 heterocycles. The highest BCUT2D eigenvalue weighted by Crippen LogP contribution is 2.29. The molecular weight excluding hydrogens is 396 g/mol. The molecule has 0 unspecified atom stereocenters. The van der Waals surface area contributed by atoms with E-state index in [4.69, 9.17) is 4.74 Å². The molecule has 31 heavy (non-hydrogen) atoms. The number of aromatic carboxylic acids is 2. The van der Waals surface area contributed by atoms with Gasteiger partial charge in [0.05, 0.1) is 16.7 Å². The number of carbonyl (C=O) groups is 2. The highest BCUT2D eigenvalue weighted by molar-refractivity contribution is 6.03. The summed E-state index contributed by atoms with van der Waals surface area (Å²) in [5.74, 6) is -2.06. The van der Waals surface area contributed by atoms with Gasteiger partial charge in [-0.3, -0.25) is 0 Å². The first kappa shape index (κ1) is 24.2. The van der Waals surface area contributed by atoms with Crippen molar-refractivity contribution < 1.29 is 29.6 Å². The minimum absolute atomic E-state index is 0.0822. The summed E-state index contributed by atoms with van der Waals surface area (Å²) in [5, 5.41) is 29.8. The normalized spacial score (nSPS) is 11.9. The molecule has 166 valence electrons. The van der Waals surface area contributed by atoms with Gasteiger partial charge < -0.3 is 20.1 Å². The molecule has 0 fully saturated rings. The van der Waals surface area contributed by atoms with Crippen LogP contribution in [-0.2, 0) is 6.61 Å². The van der Waals surface area contributed by atoms with Crippen molar-refractivity contribution in [1.29, 1.82) is 0 Å². The van der Waals surface area contributed by atoms with E-state index in [2.05, 4.69) is 0 Å². The van der Waals surface area contributed by atoms with Gasteiger partial charge in [0.25, 0.3) is 0 Å². The molecule has 2 aromatic carbocycles. The van der Waals surface area contributed by atoms with Crippen molar-refractivity contribution in [1.82, 2.24) is 0 Å². The van der Waals surface area contributed by atoms with Crippen LogP contribution in [0.3, 0.4) is 0 Å². The van der Waals surface area contributed by atoms with E-state index in [0.29, 0.717) is 42.6 Å². The largest absolute Gasteiger partial charge is 0.489 e. The van der Waals surface area contributed by atoms with Gasteiger partial charge in [-0.25, -0.2) is 9.59 Å². The van der Waals surface area contributed by atoms with E-state index >= 15 is 0 Å². The Balaban J connectivity index is 2.45. The molecule has 0 aromatic heterocycles. The van der Waals surface area contributed by atoms with Crippen LogP contribution in [0, 0.1) is 0 Å². The maximum atomic E-state index is 12.0. The average molecular weight is 427 g/mol. The van der Waals surface area contributed by atoms with Gasteiger partial charge in [0, 0.05) is 5.56 Å². The van der Waals surface area contributed by atoms with Crippen LogP contribution in [0.4, 0.5) is 0 Å². The predicted octanol–water partition coefficient (Wildman–Crippen LogP) is 5.40. The van der Waals surface area contributed by atoms with Gasteiger partial charge in [-0.2, -0.15) is 0 Å². The van der Waals surface area contributed by atoms with Crippen molar-refractivity contribution in [2.75, 3.05) is 0 Å². The third kappa shape index (κ3) is 6.18. The van der Waals surface area contributed by atoms with Crippen LogP contribution in [0.2, 0.25) is 0 Å². The van der Waals surface area contributed by atoms with Crippen LogP contribution in [0.5, 0.6) is 5.75 Å². The zero-order valence-electron chi connectivity index (χ0n) is 18.2. The Morgan fingerprint density at radius 2 is 1.58 bits per heavy atom. The quantitative estimate of drug-likeness (QED) is 0.445. The first-order valence-electron chi connectivity index (χ1n) is 10.4. The number of hydrogen-bond acceptors (Lipinski definition) is 4. The minimum Gasteiger partial charge on any atom is -0.489 e. The lowest BCUT2D eigenvalue weighted by molar-refractivity contribution is 0.0246.